The van der Waals surface area contributed by atoms with Crippen LogP contribution in [0.2, 0.25) is 0 Å². The van der Waals surface area contributed by atoms with Crippen LogP contribution < -0.4 is 5.32 Å². The highest BCUT2D eigenvalue weighted by atomic mass is 19.1. The molecule has 8 heteroatoms. The lowest BCUT2D eigenvalue weighted by atomic mass is 10.2. The number of halogens is 1. The van der Waals surface area contributed by atoms with Crippen LogP contribution in [-0.4, -0.2) is 16.0 Å². The summed E-state index contributed by atoms with van der Waals surface area (Å²) in [6.45, 7) is 0.0873. The van der Waals surface area contributed by atoms with Crippen LogP contribution in [0.5, 0.6) is 0 Å². The number of aromatic nitrogens is 1. The molecule has 0 bridgehead atoms. The Balaban J connectivity index is 2.11. The number of amides is 1. The highest BCUT2D eigenvalue weighted by Gasteiger charge is 2.17. The molecular weight excluding hydrogens is 257 g/mol. The van der Waals surface area contributed by atoms with Crippen molar-refractivity contribution in [3.8, 4) is 0 Å². The number of hydrogen-bond acceptors (Lipinski definition) is 5. The van der Waals surface area contributed by atoms with E-state index in [1.54, 1.807) is 6.07 Å². The van der Waals surface area contributed by atoms with Crippen molar-refractivity contribution in [3.05, 3.63) is 57.7 Å². The number of carbonyl (C=O) groups excluding carboxylic acids is 1. The average Bonchev–Trinajstić information content (AvgIpc) is 2.89. The van der Waals surface area contributed by atoms with Gasteiger partial charge in [-0.2, -0.15) is 4.39 Å². The first-order valence-corrected chi connectivity index (χ1v) is 5.19. The molecule has 1 amide bonds. The molecule has 7 nitrogen and oxygen atoms in total. The van der Waals surface area contributed by atoms with Crippen LogP contribution in [0, 0.1) is 15.9 Å². The third-order valence-electron chi connectivity index (χ3n) is 2.32. The largest absolute Gasteiger partial charge is 0.360 e. The second-order valence-electron chi connectivity index (χ2n) is 3.58. The van der Waals surface area contributed by atoms with E-state index < -0.39 is 22.3 Å². The summed E-state index contributed by atoms with van der Waals surface area (Å²) in [5, 5.41) is 16.5. The molecular formula is C11H8FN3O4. The maximum Gasteiger partial charge on any atom is 0.305 e. The molecule has 0 aliphatic carbocycles. The Hall–Kier alpha value is -2.77. The first-order chi connectivity index (χ1) is 9.08. The molecule has 2 rings (SSSR count). The molecule has 0 spiro atoms. The Morgan fingerprint density at radius 1 is 1.47 bits per heavy atom. The molecule has 0 aliphatic rings. The van der Waals surface area contributed by atoms with Crippen molar-refractivity contribution >= 4 is 11.6 Å². The molecule has 0 unspecified atom stereocenters. The van der Waals surface area contributed by atoms with E-state index in [1.807, 2.05) is 0 Å². The highest BCUT2D eigenvalue weighted by molar-refractivity contribution is 5.94. The third kappa shape index (κ3) is 2.92. The van der Waals surface area contributed by atoms with Crippen LogP contribution in [-0.2, 0) is 6.54 Å². The van der Waals surface area contributed by atoms with Gasteiger partial charge in [0.1, 0.15) is 0 Å². The predicted molar refractivity (Wildman–Crippen MR) is 60.7 cm³/mol. The van der Waals surface area contributed by atoms with Crippen molar-refractivity contribution < 1.29 is 18.6 Å². The molecule has 2 aromatic rings. The fourth-order valence-corrected chi connectivity index (χ4v) is 1.40. The Morgan fingerprint density at radius 3 is 2.89 bits per heavy atom. The van der Waals surface area contributed by atoms with Gasteiger partial charge in [0, 0.05) is 17.7 Å². The van der Waals surface area contributed by atoms with E-state index in [-0.39, 0.29) is 12.1 Å². The third-order valence-corrected chi connectivity index (χ3v) is 2.32. The summed E-state index contributed by atoms with van der Waals surface area (Å²) in [7, 11) is 0. The van der Waals surface area contributed by atoms with Crippen LogP contribution in [0.1, 0.15) is 16.1 Å². The van der Waals surface area contributed by atoms with Gasteiger partial charge in [0.25, 0.3) is 5.91 Å². The smallest absolute Gasteiger partial charge is 0.305 e. The highest BCUT2D eigenvalue weighted by Crippen LogP contribution is 2.18. The van der Waals surface area contributed by atoms with Crippen LogP contribution in [0.3, 0.4) is 0 Å². The number of benzene rings is 1. The van der Waals surface area contributed by atoms with E-state index >= 15 is 0 Å². The van der Waals surface area contributed by atoms with Gasteiger partial charge in [0.2, 0.25) is 5.82 Å². The predicted octanol–water partition coefficient (Wildman–Crippen LogP) is 1.65. The number of nitrogens with zero attached hydrogens (tertiary/aromatic N) is 2. The molecule has 0 aliphatic heterocycles. The number of hydrogen-bond donors (Lipinski definition) is 1. The van der Waals surface area contributed by atoms with Gasteiger partial charge in [0.05, 0.1) is 17.7 Å². The van der Waals surface area contributed by atoms with Crippen molar-refractivity contribution in [2.45, 2.75) is 6.54 Å². The molecule has 0 saturated carbocycles. The minimum absolute atomic E-state index is 0.00684. The number of nitro groups is 1. The molecule has 1 aromatic heterocycles. The van der Waals surface area contributed by atoms with Crippen molar-refractivity contribution in [1.82, 2.24) is 10.5 Å². The van der Waals surface area contributed by atoms with Crippen LogP contribution in [0.15, 0.2) is 35.0 Å². The number of nitrogens with one attached hydrogen (secondary N) is 1. The van der Waals surface area contributed by atoms with Crippen molar-refractivity contribution in [1.29, 1.82) is 0 Å². The molecule has 1 aromatic carbocycles. The SMILES string of the molecule is O=C(NCc1ccno1)c1ccc(F)c([N+](=O)[O-])c1. The van der Waals surface area contributed by atoms with Gasteiger partial charge >= 0.3 is 5.69 Å². The fraction of sp³-hybridized carbons (Fsp3) is 0.0909. The quantitative estimate of drug-likeness (QED) is 0.669. The van der Waals surface area contributed by atoms with Gasteiger partial charge < -0.3 is 9.84 Å². The Morgan fingerprint density at radius 2 is 2.26 bits per heavy atom. The summed E-state index contributed by atoms with van der Waals surface area (Å²) in [4.78, 5) is 21.4. The zero-order valence-electron chi connectivity index (χ0n) is 9.50. The second-order valence-corrected chi connectivity index (χ2v) is 3.58. The fourth-order valence-electron chi connectivity index (χ4n) is 1.40. The maximum absolute atomic E-state index is 13.1. The van der Waals surface area contributed by atoms with Crippen LogP contribution in [0.25, 0.3) is 0 Å². The average molecular weight is 265 g/mol. The molecule has 98 valence electrons. The minimum atomic E-state index is -0.989. The lowest BCUT2D eigenvalue weighted by Crippen LogP contribution is -2.22. The molecule has 0 atom stereocenters. The molecule has 19 heavy (non-hydrogen) atoms. The maximum atomic E-state index is 13.1. The van der Waals surface area contributed by atoms with E-state index in [0.717, 1.165) is 18.2 Å². The number of carbonyl (C=O) groups is 1. The lowest BCUT2D eigenvalue weighted by molar-refractivity contribution is -0.387. The van der Waals surface area contributed by atoms with Crippen molar-refractivity contribution in [2.75, 3.05) is 0 Å². The Bertz CT molecular complexity index is 612. The summed E-state index contributed by atoms with van der Waals surface area (Å²) >= 11 is 0. The molecule has 0 radical (unpaired) electrons. The normalized spacial score (nSPS) is 10.2. The summed E-state index contributed by atoms with van der Waals surface area (Å²) < 4.78 is 17.9. The summed E-state index contributed by atoms with van der Waals surface area (Å²) in [6.07, 6.45) is 1.42. The van der Waals surface area contributed by atoms with Crippen LogP contribution >= 0.6 is 0 Å². The summed E-state index contributed by atoms with van der Waals surface area (Å²) in [6, 6.07) is 4.48. The Labute approximate surface area is 106 Å². The van der Waals surface area contributed by atoms with Gasteiger partial charge in [-0.1, -0.05) is 5.16 Å². The summed E-state index contributed by atoms with van der Waals surface area (Å²) in [5.41, 5.74) is -0.750. The topological polar surface area (TPSA) is 98.3 Å². The van der Waals surface area contributed by atoms with Crippen molar-refractivity contribution in [3.63, 3.8) is 0 Å². The first-order valence-electron chi connectivity index (χ1n) is 5.19. The second kappa shape index (κ2) is 5.25. The molecule has 0 fully saturated rings. The van der Waals surface area contributed by atoms with Crippen molar-refractivity contribution in [2.24, 2.45) is 0 Å². The Kier molecular flexibility index (Phi) is 3.51. The number of nitro benzene ring substituents is 1. The zero-order valence-corrected chi connectivity index (χ0v) is 9.50. The monoisotopic (exact) mass is 265 g/mol. The van der Waals surface area contributed by atoms with Gasteiger partial charge in [-0.3, -0.25) is 14.9 Å². The van der Waals surface area contributed by atoms with E-state index in [9.17, 15) is 19.3 Å². The number of rotatable bonds is 4. The zero-order chi connectivity index (χ0) is 13.8. The molecule has 1 heterocycles. The minimum Gasteiger partial charge on any atom is -0.360 e. The van der Waals surface area contributed by atoms with E-state index in [4.69, 9.17) is 4.52 Å². The van der Waals surface area contributed by atoms with E-state index in [0.29, 0.717) is 5.76 Å². The lowest BCUT2D eigenvalue weighted by Gasteiger charge is -2.03. The van der Waals surface area contributed by atoms with Gasteiger partial charge in [0.15, 0.2) is 5.76 Å². The van der Waals surface area contributed by atoms with Crippen LogP contribution in [0.4, 0.5) is 10.1 Å². The molecule has 0 saturated heterocycles. The van der Waals surface area contributed by atoms with Gasteiger partial charge in [-0.25, -0.2) is 0 Å². The van der Waals surface area contributed by atoms with Gasteiger partial charge in [-0.05, 0) is 12.1 Å². The van der Waals surface area contributed by atoms with E-state index in [2.05, 4.69) is 10.5 Å². The molecule has 1 N–H and O–H groups in total. The van der Waals surface area contributed by atoms with Gasteiger partial charge in [-0.15, -0.1) is 0 Å². The summed E-state index contributed by atoms with van der Waals surface area (Å²) in [5.74, 6) is -1.12. The standard InChI is InChI=1S/C11H8FN3O4/c12-9-2-1-7(5-10(9)15(17)18)11(16)13-6-8-3-4-14-19-8/h1-5H,6H2,(H,13,16). The first kappa shape index (κ1) is 12.7. The van der Waals surface area contributed by atoms with E-state index in [1.165, 1.54) is 6.20 Å².